The normalized spacial score (nSPS) is 3.50. The molecule has 0 bridgehead atoms. The molecule has 0 unspecified atom stereocenters. The Morgan fingerprint density at radius 1 is 1.67 bits per heavy atom. The van der Waals surface area contributed by atoms with Crippen molar-refractivity contribution in [2.45, 2.75) is 0 Å². The SMILES string of the molecule is C=CF.[O]=[Pb]=[O]. The van der Waals surface area contributed by atoms with Gasteiger partial charge in [0.2, 0.25) is 0 Å². The molecule has 0 amide bonds. The summed E-state index contributed by atoms with van der Waals surface area (Å²) in [5, 5.41) is 0. The van der Waals surface area contributed by atoms with Crippen LogP contribution in [0.2, 0.25) is 0 Å². The molecule has 0 aromatic carbocycles. The molecule has 0 saturated carbocycles. The van der Waals surface area contributed by atoms with Crippen LogP contribution in [-0.4, -0.2) is 24.3 Å². The van der Waals surface area contributed by atoms with Gasteiger partial charge in [-0.3, -0.25) is 0 Å². The van der Waals surface area contributed by atoms with E-state index in [1.165, 1.54) is 0 Å². The summed E-state index contributed by atoms with van der Waals surface area (Å²) >= 11 is -2.42. The van der Waals surface area contributed by atoms with Crippen molar-refractivity contribution >= 4 is 24.3 Å². The average Bonchev–Trinajstić information content (AvgIpc) is 1.39. The van der Waals surface area contributed by atoms with Gasteiger partial charge in [-0.05, 0) is 0 Å². The summed E-state index contributed by atoms with van der Waals surface area (Å²) in [5.74, 6) is 0. The van der Waals surface area contributed by atoms with E-state index in [-0.39, 0.29) is 6.33 Å². The van der Waals surface area contributed by atoms with Crippen molar-refractivity contribution in [2.75, 3.05) is 0 Å². The van der Waals surface area contributed by atoms with Crippen molar-refractivity contribution in [1.82, 2.24) is 0 Å². The average molecular weight is 285 g/mol. The molecule has 0 fully saturated rings. The van der Waals surface area contributed by atoms with Crippen LogP contribution in [-0.2, 0) is 5.37 Å². The predicted molar refractivity (Wildman–Crippen MR) is 18.4 cm³/mol. The summed E-state index contributed by atoms with van der Waals surface area (Å²) in [6, 6.07) is 0. The Bertz CT molecular complexity index is 56.6. The summed E-state index contributed by atoms with van der Waals surface area (Å²) in [6.07, 6.45) is 0.250. The van der Waals surface area contributed by atoms with Gasteiger partial charge in [0.15, 0.2) is 0 Å². The molecule has 0 aromatic heterocycles. The van der Waals surface area contributed by atoms with Crippen LogP contribution < -0.4 is 0 Å². The van der Waals surface area contributed by atoms with Gasteiger partial charge in [-0.25, -0.2) is 4.39 Å². The molecule has 0 saturated heterocycles. The second-order valence-electron chi connectivity index (χ2n) is 0.238. The van der Waals surface area contributed by atoms with Crippen molar-refractivity contribution in [3.63, 3.8) is 0 Å². The van der Waals surface area contributed by atoms with Crippen molar-refractivity contribution in [3.8, 4) is 0 Å². The number of hydrogen-bond acceptors (Lipinski definition) is 2. The van der Waals surface area contributed by atoms with Gasteiger partial charge in [-0.15, -0.1) is 0 Å². The minimum absolute atomic E-state index is 0.250. The third kappa shape index (κ3) is 1160. The molecule has 0 heterocycles. The van der Waals surface area contributed by atoms with E-state index in [0.29, 0.717) is 0 Å². The van der Waals surface area contributed by atoms with E-state index in [0.717, 1.165) is 0 Å². The first kappa shape index (κ1) is 9.50. The molecule has 0 aliphatic rings. The van der Waals surface area contributed by atoms with Gasteiger partial charge in [0.1, 0.15) is 0 Å². The molecule has 0 radical (unpaired) electrons. The summed E-state index contributed by atoms with van der Waals surface area (Å²) in [5.41, 5.74) is 0. The third-order valence-corrected chi connectivity index (χ3v) is 0. The van der Waals surface area contributed by atoms with Crippen LogP contribution in [0.5, 0.6) is 0 Å². The number of halogens is 1. The Kier molecular flexibility index (Phi) is 30.1. The minimum atomic E-state index is -2.42. The molecule has 0 N–H and O–H groups in total. The number of hydrogen-bond donors (Lipinski definition) is 0. The second kappa shape index (κ2) is 19.0. The Morgan fingerprint density at radius 2 is 1.67 bits per heavy atom. The molecule has 0 aliphatic heterocycles. The van der Waals surface area contributed by atoms with E-state index in [4.69, 9.17) is 5.37 Å². The molecular weight excluding hydrogens is 282 g/mol. The first-order valence-corrected chi connectivity index (χ1v) is 4.21. The molecule has 0 rings (SSSR count). The summed E-state index contributed by atoms with van der Waals surface area (Å²) in [4.78, 5) is 0. The van der Waals surface area contributed by atoms with E-state index in [9.17, 15) is 4.39 Å². The molecule has 4 heteroatoms. The zero-order chi connectivity index (χ0) is 5.41. The zero-order valence-electron chi connectivity index (χ0n) is 2.98. The zero-order valence-corrected chi connectivity index (χ0v) is 6.87. The maximum atomic E-state index is 10.1. The topological polar surface area (TPSA) is 34.1 Å². The number of rotatable bonds is 0. The van der Waals surface area contributed by atoms with Crippen molar-refractivity contribution in [2.24, 2.45) is 0 Å². The first-order chi connectivity index (χ1) is 2.83. The van der Waals surface area contributed by atoms with Crippen LogP contribution >= 0.6 is 0 Å². The van der Waals surface area contributed by atoms with Crippen LogP contribution in [0.1, 0.15) is 0 Å². The van der Waals surface area contributed by atoms with Crippen LogP contribution in [0.3, 0.4) is 0 Å². The van der Waals surface area contributed by atoms with Gasteiger partial charge >= 0.3 is 29.6 Å². The van der Waals surface area contributed by atoms with Gasteiger partial charge in [0.25, 0.3) is 0 Å². The van der Waals surface area contributed by atoms with E-state index in [1.807, 2.05) is 0 Å². The second-order valence-corrected chi connectivity index (χ2v) is 0.886. The summed E-state index contributed by atoms with van der Waals surface area (Å²) in [7, 11) is 0. The van der Waals surface area contributed by atoms with Crippen LogP contribution in [0, 0.1) is 0 Å². The van der Waals surface area contributed by atoms with Crippen molar-refractivity contribution in [1.29, 1.82) is 0 Å². The van der Waals surface area contributed by atoms with E-state index < -0.39 is 24.3 Å². The first-order valence-electron chi connectivity index (χ1n) is 1.03. The van der Waals surface area contributed by atoms with E-state index >= 15 is 0 Å². The Hall–Kier alpha value is 0.192. The van der Waals surface area contributed by atoms with Crippen molar-refractivity contribution in [3.05, 3.63) is 12.9 Å². The monoisotopic (exact) mass is 286 g/mol. The Morgan fingerprint density at radius 3 is 1.67 bits per heavy atom. The fraction of sp³-hybridized carbons (Fsp3) is 0. The molecule has 2 nitrogen and oxygen atoms in total. The van der Waals surface area contributed by atoms with Gasteiger partial charge in [-0.2, -0.15) is 0 Å². The third-order valence-electron chi connectivity index (χ3n) is 0. The van der Waals surface area contributed by atoms with E-state index in [1.54, 1.807) is 0 Å². The maximum absolute atomic E-state index is 10.1. The quantitative estimate of drug-likeness (QED) is 0.607. The summed E-state index contributed by atoms with van der Waals surface area (Å²) < 4.78 is 27.2. The Balaban J connectivity index is 0. The van der Waals surface area contributed by atoms with Gasteiger partial charge in [0.05, 0.1) is 6.33 Å². The van der Waals surface area contributed by atoms with Gasteiger partial charge in [0, 0.05) is 0 Å². The standard InChI is InChI=1S/C2H3F.2O.Pb/c1-2-3;;;/h2H,1H2;;;. The van der Waals surface area contributed by atoms with Crippen LogP contribution in [0.4, 0.5) is 4.39 Å². The Labute approximate surface area is 47.2 Å². The molecule has 0 atom stereocenters. The van der Waals surface area contributed by atoms with Gasteiger partial charge in [-0.1, -0.05) is 6.58 Å². The molecule has 34 valence electrons. The van der Waals surface area contributed by atoms with Gasteiger partial charge < -0.3 is 0 Å². The molecular formula is C2H3FO2Pb. The molecule has 0 aromatic rings. The summed E-state index contributed by atoms with van der Waals surface area (Å²) in [6.45, 7) is 2.69. The fourth-order valence-corrected chi connectivity index (χ4v) is 0. The van der Waals surface area contributed by atoms with Crippen LogP contribution in [0.15, 0.2) is 12.9 Å². The molecule has 0 aliphatic carbocycles. The predicted octanol–water partition coefficient (Wildman–Crippen LogP) is 0.481. The van der Waals surface area contributed by atoms with Crippen molar-refractivity contribution < 1.29 is 9.76 Å². The van der Waals surface area contributed by atoms with E-state index in [2.05, 4.69) is 6.58 Å². The molecule has 6 heavy (non-hydrogen) atoms. The fourth-order valence-electron chi connectivity index (χ4n) is 0. The molecule has 0 spiro atoms. The van der Waals surface area contributed by atoms with Crippen LogP contribution in [0.25, 0.3) is 0 Å².